The quantitative estimate of drug-likeness (QED) is 0.176. The molecule has 4 nitrogen and oxygen atoms in total. The van der Waals surface area contributed by atoms with Gasteiger partial charge < -0.3 is 4.57 Å². The van der Waals surface area contributed by atoms with E-state index in [2.05, 4.69) is 215 Å². The van der Waals surface area contributed by atoms with Crippen molar-refractivity contribution in [1.82, 2.24) is 19.1 Å². The summed E-state index contributed by atoms with van der Waals surface area (Å²) in [6.07, 6.45) is 0. The van der Waals surface area contributed by atoms with Gasteiger partial charge in [-0.1, -0.05) is 158 Å². The van der Waals surface area contributed by atoms with Crippen LogP contribution in [-0.2, 0) is 0 Å². The van der Waals surface area contributed by atoms with E-state index < -0.39 is 0 Å². The molecule has 4 heteroatoms. The fourth-order valence-corrected chi connectivity index (χ4v) is 9.10. The third-order valence-corrected chi connectivity index (χ3v) is 11.7. The van der Waals surface area contributed by atoms with E-state index in [0.29, 0.717) is 5.95 Å². The van der Waals surface area contributed by atoms with Gasteiger partial charge in [-0.15, -0.1) is 0 Å². The molecule has 0 bridgehead atoms. The molecule has 0 atom stereocenters. The zero-order chi connectivity index (χ0) is 38.2. The molecule has 3 aromatic heterocycles. The van der Waals surface area contributed by atoms with Crippen LogP contribution in [0.2, 0.25) is 0 Å². The van der Waals surface area contributed by atoms with Gasteiger partial charge in [-0.2, -0.15) is 0 Å². The number of aromatic nitrogens is 4. The molecular formula is C54H34N4. The lowest BCUT2D eigenvalue weighted by atomic mass is 9.94. The van der Waals surface area contributed by atoms with Gasteiger partial charge >= 0.3 is 0 Å². The lowest BCUT2D eigenvalue weighted by Gasteiger charge is -2.14. The third-order valence-electron chi connectivity index (χ3n) is 11.7. The predicted molar refractivity (Wildman–Crippen MR) is 242 cm³/mol. The summed E-state index contributed by atoms with van der Waals surface area (Å²) in [4.78, 5) is 10.7. The Morgan fingerprint density at radius 3 is 1.60 bits per heavy atom. The Morgan fingerprint density at radius 2 is 0.845 bits per heavy atom. The highest BCUT2D eigenvalue weighted by Crippen LogP contribution is 2.43. The second kappa shape index (κ2) is 12.9. The van der Waals surface area contributed by atoms with Crippen molar-refractivity contribution in [2.75, 3.05) is 0 Å². The van der Waals surface area contributed by atoms with Crippen molar-refractivity contribution in [1.29, 1.82) is 0 Å². The minimum absolute atomic E-state index is 0.653. The van der Waals surface area contributed by atoms with E-state index in [4.69, 9.17) is 9.97 Å². The summed E-state index contributed by atoms with van der Waals surface area (Å²) in [6.45, 7) is 0. The van der Waals surface area contributed by atoms with Crippen molar-refractivity contribution in [3.8, 4) is 45.1 Å². The molecule has 12 aromatic rings. The Labute approximate surface area is 334 Å². The number of rotatable bonds is 5. The van der Waals surface area contributed by atoms with E-state index in [0.717, 1.165) is 49.7 Å². The average molecular weight is 739 g/mol. The molecule has 0 saturated heterocycles. The van der Waals surface area contributed by atoms with Crippen LogP contribution in [0.25, 0.3) is 110 Å². The molecule has 3 heterocycles. The minimum Gasteiger partial charge on any atom is -0.309 e. The first kappa shape index (κ1) is 32.4. The molecule has 0 aliphatic rings. The maximum atomic E-state index is 5.44. The second-order valence-electron chi connectivity index (χ2n) is 15.0. The molecule has 0 aliphatic carbocycles. The number of nitrogens with zero attached hydrogens (tertiary/aromatic N) is 4. The Balaban J connectivity index is 1.10. The van der Waals surface area contributed by atoms with Crippen molar-refractivity contribution in [2.24, 2.45) is 0 Å². The van der Waals surface area contributed by atoms with Crippen LogP contribution in [0.3, 0.4) is 0 Å². The Kier molecular flexibility index (Phi) is 7.20. The van der Waals surface area contributed by atoms with Crippen molar-refractivity contribution >= 4 is 65.3 Å². The van der Waals surface area contributed by atoms with Gasteiger partial charge in [-0.3, -0.25) is 4.57 Å². The van der Waals surface area contributed by atoms with Gasteiger partial charge in [0.2, 0.25) is 5.95 Å². The van der Waals surface area contributed by atoms with Crippen LogP contribution < -0.4 is 0 Å². The van der Waals surface area contributed by atoms with Crippen LogP contribution in [0, 0.1) is 0 Å². The van der Waals surface area contributed by atoms with Crippen LogP contribution in [0.5, 0.6) is 0 Å². The summed E-state index contributed by atoms with van der Waals surface area (Å²) < 4.78 is 4.65. The maximum absolute atomic E-state index is 5.44. The standard InChI is InChI=1S/C54H34N4/c1-3-15-35(16-4-1)36-27-29-37(30-28-36)52-44-23-9-12-24-48(44)55-54(56-52)58-50-26-14-11-21-42(50)47-34-45(40-19-7-8-22-43(40)53(47)58)38-31-32-51-46(33-38)41-20-10-13-25-49(41)57(51)39-17-5-2-6-18-39/h1-34H. The van der Waals surface area contributed by atoms with Gasteiger partial charge in [-0.05, 0) is 76.2 Å². The molecule has 0 N–H and O–H groups in total. The summed E-state index contributed by atoms with van der Waals surface area (Å²) in [5, 5.41) is 8.17. The topological polar surface area (TPSA) is 35.6 Å². The first-order valence-electron chi connectivity index (χ1n) is 19.8. The monoisotopic (exact) mass is 738 g/mol. The van der Waals surface area contributed by atoms with Gasteiger partial charge in [0.25, 0.3) is 0 Å². The normalized spacial score (nSPS) is 11.8. The van der Waals surface area contributed by atoms with Crippen LogP contribution in [0.4, 0.5) is 0 Å². The van der Waals surface area contributed by atoms with Gasteiger partial charge in [-0.25, -0.2) is 9.97 Å². The molecular weight excluding hydrogens is 705 g/mol. The highest BCUT2D eigenvalue weighted by molar-refractivity contribution is 6.22. The molecule has 0 radical (unpaired) electrons. The average Bonchev–Trinajstić information content (AvgIpc) is 3.82. The van der Waals surface area contributed by atoms with Gasteiger partial charge in [0.05, 0.1) is 33.3 Å². The number of para-hydroxylation sites is 4. The second-order valence-corrected chi connectivity index (χ2v) is 15.0. The molecule has 0 amide bonds. The predicted octanol–water partition coefficient (Wildman–Crippen LogP) is 14.0. The number of fused-ring (bicyclic) bond motifs is 9. The van der Waals surface area contributed by atoms with Crippen LogP contribution in [0.1, 0.15) is 0 Å². The highest BCUT2D eigenvalue weighted by atomic mass is 15.2. The van der Waals surface area contributed by atoms with Gasteiger partial charge in [0, 0.05) is 43.6 Å². The zero-order valence-corrected chi connectivity index (χ0v) is 31.4. The first-order chi connectivity index (χ1) is 28.8. The highest BCUT2D eigenvalue weighted by Gasteiger charge is 2.22. The lowest BCUT2D eigenvalue weighted by Crippen LogP contribution is -2.04. The van der Waals surface area contributed by atoms with Crippen molar-refractivity contribution < 1.29 is 0 Å². The largest absolute Gasteiger partial charge is 0.309 e. The number of hydrogen-bond acceptors (Lipinski definition) is 2. The molecule has 0 unspecified atom stereocenters. The third kappa shape index (κ3) is 4.95. The van der Waals surface area contributed by atoms with E-state index in [1.807, 2.05) is 0 Å². The minimum atomic E-state index is 0.653. The Morgan fingerprint density at radius 1 is 0.310 bits per heavy atom. The fourth-order valence-electron chi connectivity index (χ4n) is 9.10. The summed E-state index contributed by atoms with van der Waals surface area (Å²) >= 11 is 0. The van der Waals surface area contributed by atoms with Crippen LogP contribution in [-0.4, -0.2) is 19.1 Å². The number of hydrogen-bond donors (Lipinski definition) is 0. The summed E-state index contributed by atoms with van der Waals surface area (Å²) in [7, 11) is 0. The maximum Gasteiger partial charge on any atom is 0.235 e. The molecule has 9 aromatic carbocycles. The van der Waals surface area contributed by atoms with Crippen molar-refractivity contribution in [3.05, 3.63) is 206 Å². The number of benzene rings is 9. The van der Waals surface area contributed by atoms with Crippen LogP contribution in [0.15, 0.2) is 206 Å². The first-order valence-corrected chi connectivity index (χ1v) is 19.8. The van der Waals surface area contributed by atoms with Gasteiger partial charge in [0.15, 0.2) is 0 Å². The summed E-state index contributed by atoms with van der Waals surface area (Å²) in [6, 6.07) is 73.8. The molecule has 12 rings (SSSR count). The van der Waals surface area contributed by atoms with Crippen molar-refractivity contribution in [3.63, 3.8) is 0 Å². The van der Waals surface area contributed by atoms with Crippen LogP contribution >= 0.6 is 0 Å². The molecule has 58 heavy (non-hydrogen) atoms. The van der Waals surface area contributed by atoms with E-state index in [1.54, 1.807) is 0 Å². The summed E-state index contributed by atoms with van der Waals surface area (Å²) in [5.74, 6) is 0.653. The molecule has 0 aliphatic heterocycles. The van der Waals surface area contributed by atoms with Crippen molar-refractivity contribution in [2.45, 2.75) is 0 Å². The zero-order valence-electron chi connectivity index (χ0n) is 31.4. The van der Waals surface area contributed by atoms with Gasteiger partial charge in [0.1, 0.15) is 0 Å². The Bertz CT molecular complexity index is 3540. The Hall–Kier alpha value is -7.82. The molecule has 270 valence electrons. The fraction of sp³-hybridized carbons (Fsp3) is 0. The SMILES string of the molecule is c1ccc(-c2ccc(-c3nc(-n4c5ccccc5c5cc(-c6ccc7c(c6)c6ccccc6n7-c6ccccc6)c6ccccc6c54)nc4ccccc34)cc2)cc1. The molecule has 0 spiro atoms. The molecule has 0 fully saturated rings. The summed E-state index contributed by atoms with van der Waals surface area (Å²) in [5.41, 5.74) is 13.3. The van der Waals surface area contributed by atoms with E-state index in [9.17, 15) is 0 Å². The smallest absolute Gasteiger partial charge is 0.235 e. The lowest BCUT2D eigenvalue weighted by molar-refractivity contribution is 1.02. The molecule has 0 saturated carbocycles. The van der Waals surface area contributed by atoms with E-state index in [1.165, 1.54) is 54.8 Å². The van der Waals surface area contributed by atoms with E-state index in [-0.39, 0.29) is 0 Å². The van der Waals surface area contributed by atoms with E-state index >= 15 is 0 Å².